The highest BCUT2D eigenvalue weighted by molar-refractivity contribution is 6.15. The molecule has 0 spiro atoms. The van der Waals surface area contributed by atoms with Crippen LogP contribution >= 0.6 is 0 Å². The van der Waals surface area contributed by atoms with Crippen molar-refractivity contribution in [2.24, 2.45) is 0 Å². The monoisotopic (exact) mass is 637 g/mol. The van der Waals surface area contributed by atoms with E-state index in [9.17, 15) is 0 Å². The van der Waals surface area contributed by atoms with Crippen LogP contribution in [0.4, 0.5) is 17.1 Å². The largest absolute Gasteiger partial charge is 0.455 e. The SMILES string of the molecule is c1ccc(-c2ccc(N(c3ccc4cc(-c5cccc6c5oc5ccccc56)ccc4c3)c3cc4ccccc4c4ccccc34)cc2)cc1. The molecule has 0 aliphatic heterocycles. The third-order valence-corrected chi connectivity index (χ3v) is 10.0. The zero-order chi connectivity index (χ0) is 33.0. The minimum absolute atomic E-state index is 0.915. The highest BCUT2D eigenvalue weighted by Crippen LogP contribution is 2.44. The fourth-order valence-corrected chi connectivity index (χ4v) is 7.59. The molecule has 0 aliphatic rings. The second-order valence-electron chi connectivity index (χ2n) is 12.9. The Hall–Kier alpha value is -6.64. The summed E-state index contributed by atoms with van der Waals surface area (Å²) in [6.07, 6.45) is 0. The van der Waals surface area contributed by atoms with Crippen LogP contribution in [0.2, 0.25) is 0 Å². The third-order valence-electron chi connectivity index (χ3n) is 10.0. The summed E-state index contributed by atoms with van der Waals surface area (Å²) >= 11 is 0. The van der Waals surface area contributed by atoms with Crippen LogP contribution in [-0.2, 0) is 0 Å². The maximum atomic E-state index is 6.39. The Morgan fingerprint density at radius 2 is 0.960 bits per heavy atom. The normalized spacial score (nSPS) is 11.6. The van der Waals surface area contributed by atoms with Gasteiger partial charge in [-0.05, 0) is 86.1 Å². The lowest BCUT2D eigenvalue weighted by Crippen LogP contribution is -2.10. The number of nitrogens with zero attached hydrogens (tertiary/aromatic N) is 1. The van der Waals surface area contributed by atoms with Gasteiger partial charge in [-0.25, -0.2) is 0 Å². The van der Waals surface area contributed by atoms with E-state index in [1.807, 2.05) is 12.1 Å². The summed E-state index contributed by atoms with van der Waals surface area (Å²) in [7, 11) is 0. The van der Waals surface area contributed by atoms with Gasteiger partial charge < -0.3 is 9.32 Å². The summed E-state index contributed by atoms with van der Waals surface area (Å²) in [5, 5.41) is 9.59. The standard InChI is InChI=1S/C48H31NO/c1-2-11-32(12-3-1)33-23-26-38(27-24-33)49(46-31-36-13-4-5-14-40(36)42-15-6-7-16-43(42)46)39-28-25-34-29-37(22-21-35(34)30-39)41-18-10-19-45-44-17-8-9-20-47(44)50-48(41)45/h1-31H. The number of fused-ring (bicyclic) bond motifs is 7. The molecule has 0 radical (unpaired) electrons. The van der Waals surface area contributed by atoms with E-state index in [0.29, 0.717) is 0 Å². The topological polar surface area (TPSA) is 16.4 Å². The summed E-state index contributed by atoms with van der Waals surface area (Å²) < 4.78 is 6.39. The molecule has 0 unspecified atom stereocenters. The number of furan rings is 1. The highest BCUT2D eigenvalue weighted by atomic mass is 16.3. The second kappa shape index (κ2) is 11.5. The van der Waals surface area contributed by atoms with E-state index in [0.717, 1.165) is 50.1 Å². The minimum atomic E-state index is 0.915. The van der Waals surface area contributed by atoms with Gasteiger partial charge in [-0.1, -0.05) is 146 Å². The van der Waals surface area contributed by atoms with E-state index in [1.54, 1.807) is 0 Å². The van der Waals surface area contributed by atoms with Crippen molar-refractivity contribution < 1.29 is 4.42 Å². The quantitative estimate of drug-likeness (QED) is 0.175. The Morgan fingerprint density at radius 1 is 0.340 bits per heavy atom. The predicted octanol–water partition coefficient (Wildman–Crippen LogP) is 13.8. The van der Waals surface area contributed by atoms with Crippen LogP contribution in [0.1, 0.15) is 0 Å². The summed E-state index contributed by atoms with van der Waals surface area (Å²) in [5.41, 5.74) is 9.87. The molecule has 234 valence electrons. The van der Waals surface area contributed by atoms with Gasteiger partial charge in [-0.2, -0.15) is 0 Å². The van der Waals surface area contributed by atoms with Crippen molar-refractivity contribution in [3.05, 3.63) is 188 Å². The van der Waals surface area contributed by atoms with Crippen LogP contribution in [0.25, 0.3) is 76.5 Å². The Labute approximate surface area is 290 Å². The van der Waals surface area contributed by atoms with Crippen molar-refractivity contribution in [3.8, 4) is 22.3 Å². The Kier molecular flexibility index (Phi) is 6.53. The predicted molar refractivity (Wildman–Crippen MR) is 212 cm³/mol. The molecule has 10 aromatic rings. The van der Waals surface area contributed by atoms with Gasteiger partial charge in [0.15, 0.2) is 0 Å². The van der Waals surface area contributed by atoms with Crippen molar-refractivity contribution in [2.75, 3.05) is 4.90 Å². The Balaban J connectivity index is 1.14. The molecule has 0 bridgehead atoms. The molecule has 0 saturated heterocycles. The molecule has 0 N–H and O–H groups in total. The number of hydrogen-bond donors (Lipinski definition) is 0. The third kappa shape index (κ3) is 4.65. The van der Waals surface area contributed by atoms with Crippen LogP contribution in [0.5, 0.6) is 0 Å². The fourth-order valence-electron chi connectivity index (χ4n) is 7.59. The van der Waals surface area contributed by atoms with Crippen LogP contribution in [0.15, 0.2) is 192 Å². The molecular formula is C48H31NO. The van der Waals surface area contributed by atoms with Crippen LogP contribution in [0, 0.1) is 0 Å². The lowest BCUT2D eigenvalue weighted by molar-refractivity contribution is 0.670. The maximum Gasteiger partial charge on any atom is 0.143 e. The van der Waals surface area contributed by atoms with Gasteiger partial charge in [0, 0.05) is 33.1 Å². The molecule has 2 nitrogen and oxygen atoms in total. The van der Waals surface area contributed by atoms with Gasteiger partial charge in [-0.3, -0.25) is 0 Å². The van der Waals surface area contributed by atoms with Gasteiger partial charge in [0.2, 0.25) is 0 Å². The number of anilines is 3. The number of para-hydroxylation sites is 2. The van der Waals surface area contributed by atoms with E-state index in [4.69, 9.17) is 4.42 Å². The first-order valence-corrected chi connectivity index (χ1v) is 17.1. The van der Waals surface area contributed by atoms with Gasteiger partial charge in [0.05, 0.1) is 5.69 Å². The molecular weight excluding hydrogens is 607 g/mol. The Morgan fingerprint density at radius 3 is 1.82 bits per heavy atom. The molecule has 0 aliphatic carbocycles. The first-order chi connectivity index (χ1) is 24.8. The maximum absolute atomic E-state index is 6.39. The summed E-state index contributed by atoms with van der Waals surface area (Å²) in [4.78, 5) is 2.41. The van der Waals surface area contributed by atoms with Crippen molar-refractivity contribution in [1.29, 1.82) is 0 Å². The average Bonchev–Trinajstić information content (AvgIpc) is 3.57. The lowest BCUT2D eigenvalue weighted by atomic mass is 9.97. The summed E-state index contributed by atoms with van der Waals surface area (Å²) in [5.74, 6) is 0. The molecule has 1 heterocycles. The van der Waals surface area contributed by atoms with Crippen molar-refractivity contribution in [2.45, 2.75) is 0 Å². The molecule has 10 rings (SSSR count). The molecule has 0 atom stereocenters. The number of benzene rings is 9. The van der Waals surface area contributed by atoms with Crippen LogP contribution in [-0.4, -0.2) is 0 Å². The van der Waals surface area contributed by atoms with E-state index in [1.165, 1.54) is 43.4 Å². The first kappa shape index (κ1) is 28.4. The average molecular weight is 638 g/mol. The van der Waals surface area contributed by atoms with Gasteiger partial charge in [0.1, 0.15) is 11.2 Å². The zero-order valence-corrected chi connectivity index (χ0v) is 27.3. The number of rotatable bonds is 5. The van der Waals surface area contributed by atoms with E-state index in [-0.39, 0.29) is 0 Å². The van der Waals surface area contributed by atoms with Gasteiger partial charge in [0.25, 0.3) is 0 Å². The second-order valence-corrected chi connectivity index (χ2v) is 12.9. The van der Waals surface area contributed by atoms with Crippen LogP contribution < -0.4 is 4.90 Å². The zero-order valence-electron chi connectivity index (χ0n) is 27.3. The first-order valence-electron chi connectivity index (χ1n) is 17.1. The van der Waals surface area contributed by atoms with Crippen LogP contribution in [0.3, 0.4) is 0 Å². The van der Waals surface area contributed by atoms with Gasteiger partial charge >= 0.3 is 0 Å². The Bertz CT molecular complexity index is 2870. The molecule has 0 fully saturated rings. The lowest BCUT2D eigenvalue weighted by Gasteiger charge is -2.28. The van der Waals surface area contributed by atoms with E-state index >= 15 is 0 Å². The molecule has 0 amide bonds. The summed E-state index contributed by atoms with van der Waals surface area (Å²) in [6.45, 7) is 0. The molecule has 0 saturated carbocycles. The molecule has 50 heavy (non-hydrogen) atoms. The van der Waals surface area contributed by atoms with Crippen molar-refractivity contribution >= 4 is 71.3 Å². The highest BCUT2D eigenvalue weighted by Gasteiger charge is 2.19. The van der Waals surface area contributed by atoms with Crippen molar-refractivity contribution in [3.63, 3.8) is 0 Å². The minimum Gasteiger partial charge on any atom is -0.455 e. The van der Waals surface area contributed by atoms with E-state index < -0.39 is 0 Å². The van der Waals surface area contributed by atoms with Crippen molar-refractivity contribution in [1.82, 2.24) is 0 Å². The molecule has 1 aromatic heterocycles. The molecule has 9 aromatic carbocycles. The smallest absolute Gasteiger partial charge is 0.143 e. The van der Waals surface area contributed by atoms with Gasteiger partial charge in [-0.15, -0.1) is 0 Å². The molecule has 2 heteroatoms. The van der Waals surface area contributed by atoms with E-state index in [2.05, 4.69) is 181 Å². The fraction of sp³-hybridized carbons (Fsp3) is 0. The summed E-state index contributed by atoms with van der Waals surface area (Å²) in [6, 6.07) is 67.6. The number of hydrogen-bond acceptors (Lipinski definition) is 2.